The molecule has 0 unspecified atom stereocenters. The van der Waals surface area contributed by atoms with E-state index >= 15 is 0 Å². The number of benzene rings is 1. The fourth-order valence-corrected chi connectivity index (χ4v) is 2.34. The number of halogens is 1. The van der Waals surface area contributed by atoms with Crippen molar-refractivity contribution in [2.75, 3.05) is 12.3 Å². The largest absolute Gasteiger partial charge is 0.494 e. The molecule has 0 amide bonds. The van der Waals surface area contributed by atoms with Crippen LogP contribution in [0.5, 0.6) is 5.75 Å². The van der Waals surface area contributed by atoms with Crippen LogP contribution in [0.4, 0.5) is 5.82 Å². The van der Waals surface area contributed by atoms with Gasteiger partial charge in [-0.25, -0.2) is 4.68 Å². The average molecular weight is 293 g/mol. The molecule has 1 aliphatic carbocycles. The van der Waals surface area contributed by atoms with E-state index in [1.54, 1.807) is 0 Å². The molecule has 0 bridgehead atoms. The van der Waals surface area contributed by atoms with E-state index in [9.17, 15) is 0 Å². The van der Waals surface area contributed by atoms with Crippen LogP contribution < -0.4 is 10.5 Å². The van der Waals surface area contributed by atoms with Crippen LogP contribution in [0.15, 0.2) is 24.3 Å². The molecule has 1 heterocycles. The van der Waals surface area contributed by atoms with E-state index in [2.05, 4.69) is 10.3 Å². The molecule has 1 aromatic carbocycles. The van der Waals surface area contributed by atoms with Crippen molar-refractivity contribution >= 4 is 17.4 Å². The maximum Gasteiger partial charge on any atom is 0.169 e. The number of hydrogen-bond acceptors (Lipinski definition) is 4. The molecule has 2 N–H and O–H groups in total. The van der Waals surface area contributed by atoms with Gasteiger partial charge in [-0.1, -0.05) is 16.8 Å². The lowest BCUT2D eigenvalue weighted by Gasteiger charge is -2.08. The number of ether oxygens (including phenoxy) is 1. The zero-order chi connectivity index (χ0) is 13.9. The highest BCUT2D eigenvalue weighted by Crippen LogP contribution is 2.41. The molecule has 0 radical (unpaired) electrons. The normalized spacial score (nSPS) is 14.4. The molecule has 1 saturated carbocycles. The second-order valence-electron chi connectivity index (χ2n) is 5.01. The summed E-state index contributed by atoms with van der Waals surface area (Å²) in [5.41, 5.74) is 6.95. The maximum atomic E-state index is 5.85. The number of aryl methyl sites for hydroxylation is 1. The Balaban J connectivity index is 1.49. The number of anilines is 1. The van der Waals surface area contributed by atoms with Crippen molar-refractivity contribution in [1.82, 2.24) is 15.0 Å². The first-order chi connectivity index (χ1) is 9.74. The van der Waals surface area contributed by atoms with Crippen LogP contribution in [-0.2, 0) is 6.54 Å². The van der Waals surface area contributed by atoms with Gasteiger partial charge in [-0.15, -0.1) is 5.10 Å². The molecule has 1 aliphatic rings. The minimum Gasteiger partial charge on any atom is -0.494 e. The van der Waals surface area contributed by atoms with E-state index in [4.69, 9.17) is 22.1 Å². The standard InChI is InChI=1S/C14H17ClN4O/c15-11-4-6-12(7-5-11)20-9-1-8-19-13(10-2-3-10)14(16)17-18-19/h4-7,10H,1-3,8-9,16H2. The van der Waals surface area contributed by atoms with Crippen molar-refractivity contribution in [2.45, 2.75) is 31.7 Å². The fraction of sp³-hybridized carbons (Fsp3) is 0.429. The van der Waals surface area contributed by atoms with Crippen LogP contribution in [0.1, 0.15) is 30.9 Å². The third-order valence-electron chi connectivity index (χ3n) is 3.36. The first-order valence-corrected chi connectivity index (χ1v) is 7.19. The Kier molecular flexibility index (Phi) is 3.78. The topological polar surface area (TPSA) is 66.0 Å². The molecule has 1 aromatic heterocycles. The summed E-state index contributed by atoms with van der Waals surface area (Å²) in [5.74, 6) is 1.96. The van der Waals surface area contributed by atoms with Crippen molar-refractivity contribution in [2.24, 2.45) is 0 Å². The Bertz CT molecular complexity index is 577. The van der Waals surface area contributed by atoms with Crippen molar-refractivity contribution in [3.8, 4) is 5.75 Å². The van der Waals surface area contributed by atoms with E-state index in [1.165, 1.54) is 12.8 Å². The van der Waals surface area contributed by atoms with Crippen LogP contribution in [0.2, 0.25) is 5.02 Å². The second kappa shape index (κ2) is 5.71. The molecule has 5 nitrogen and oxygen atoms in total. The summed E-state index contributed by atoms with van der Waals surface area (Å²) in [7, 11) is 0. The Morgan fingerprint density at radius 3 is 2.75 bits per heavy atom. The molecule has 1 fully saturated rings. The third-order valence-corrected chi connectivity index (χ3v) is 3.61. The van der Waals surface area contributed by atoms with Crippen LogP contribution in [0.3, 0.4) is 0 Å². The Morgan fingerprint density at radius 1 is 1.30 bits per heavy atom. The summed E-state index contributed by atoms with van der Waals surface area (Å²) in [6, 6.07) is 7.37. The van der Waals surface area contributed by atoms with E-state index in [1.807, 2.05) is 28.9 Å². The molecular formula is C14H17ClN4O. The summed E-state index contributed by atoms with van der Waals surface area (Å²) < 4.78 is 7.57. The molecule has 6 heteroatoms. The highest BCUT2D eigenvalue weighted by atomic mass is 35.5. The molecule has 20 heavy (non-hydrogen) atoms. The lowest BCUT2D eigenvalue weighted by Crippen LogP contribution is -2.09. The lowest BCUT2D eigenvalue weighted by atomic mass is 10.3. The number of rotatable bonds is 6. The summed E-state index contributed by atoms with van der Waals surface area (Å²) >= 11 is 5.82. The molecule has 0 spiro atoms. The smallest absolute Gasteiger partial charge is 0.169 e. The first kappa shape index (κ1) is 13.2. The highest BCUT2D eigenvalue weighted by Gasteiger charge is 2.30. The Morgan fingerprint density at radius 2 is 2.05 bits per heavy atom. The van der Waals surface area contributed by atoms with Gasteiger partial charge in [0.1, 0.15) is 5.75 Å². The van der Waals surface area contributed by atoms with Crippen LogP contribution in [0, 0.1) is 0 Å². The third kappa shape index (κ3) is 3.04. The van der Waals surface area contributed by atoms with Gasteiger partial charge < -0.3 is 10.5 Å². The number of hydrogen-bond donors (Lipinski definition) is 1. The zero-order valence-corrected chi connectivity index (χ0v) is 11.9. The number of aromatic nitrogens is 3. The molecule has 3 rings (SSSR count). The van der Waals surface area contributed by atoms with E-state index < -0.39 is 0 Å². The molecule has 106 valence electrons. The van der Waals surface area contributed by atoms with Crippen molar-refractivity contribution in [3.63, 3.8) is 0 Å². The van der Waals surface area contributed by atoms with Crippen molar-refractivity contribution in [1.29, 1.82) is 0 Å². The van der Waals surface area contributed by atoms with Crippen LogP contribution >= 0.6 is 11.6 Å². The van der Waals surface area contributed by atoms with Gasteiger partial charge >= 0.3 is 0 Å². The lowest BCUT2D eigenvalue weighted by molar-refractivity contribution is 0.297. The van der Waals surface area contributed by atoms with E-state index in [-0.39, 0.29) is 0 Å². The average Bonchev–Trinajstić information content (AvgIpc) is 3.21. The van der Waals surface area contributed by atoms with Gasteiger partial charge in [-0.3, -0.25) is 0 Å². The fourth-order valence-electron chi connectivity index (χ4n) is 2.21. The number of nitrogens with two attached hydrogens (primary N) is 1. The predicted octanol–water partition coefficient (Wildman–Crippen LogP) is 2.86. The minimum atomic E-state index is 0.558. The van der Waals surface area contributed by atoms with Gasteiger partial charge in [0.2, 0.25) is 0 Å². The first-order valence-electron chi connectivity index (χ1n) is 6.81. The molecule has 0 atom stereocenters. The highest BCUT2D eigenvalue weighted by molar-refractivity contribution is 6.30. The summed E-state index contributed by atoms with van der Waals surface area (Å²) in [4.78, 5) is 0. The van der Waals surface area contributed by atoms with Gasteiger partial charge in [-0.05, 0) is 37.1 Å². The summed E-state index contributed by atoms with van der Waals surface area (Å²) in [6.07, 6.45) is 3.25. The van der Waals surface area contributed by atoms with Crippen LogP contribution in [-0.4, -0.2) is 21.6 Å². The summed E-state index contributed by atoms with van der Waals surface area (Å²) in [6.45, 7) is 1.41. The zero-order valence-electron chi connectivity index (χ0n) is 11.1. The monoisotopic (exact) mass is 292 g/mol. The van der Waals surface area contributed by atoms with Crippen molar-refractivity contribution < 1.29 is 4.74 Å². The summed E-state index contributed by atoms with van der Waals surface area (Å²) in [5, 5.41) is 8.77. The van der Waals surface area contributed by atoms with Gasteiger partial charge in [0.15, 0.2) is 5.82 Å². The predicted molar refractivity (Wildman–Crippen MR) is 78.0 cm³/mol. The molecule has 0 aliphatic heterocycles. The van der Waals surface area contributed by atoms with Crippen LogP contribution in [0.25, 0.3) is 0 Å². The maximum absolute atomic E-state index is 5.85. The molecule has 2 aromatic rings. The quantitative estimate of drug-likeness (QED) is 0.832. The van der Waals surface area contributed by atoms with E-state index in [0.717, 1.165) is 24.4 Å². The number of nitrogens with zero attached hydrogens (tertiary/aromatic N) is 3. The van der Waals surface area contributed by atoms with Crippen molar-refractivity contribution in [3.05, 3.63) is 35.0 Å². The van der Waals surface area contributed by atoms with Gasteiger partial charge in [0.05, 0.1) is 12.3 Å². The van der Waals surface area contributed by atoms with E-state index in [0.29, 0.717) is 23.4 Å². The SMILES string of the molecule is Nc1nnn(CCCOc2ccc(Cl)cc2)c1C1CC1. The molecular weight excluding hydrogens is 276 g/mol. The Labute approximate surface area is 122 Å². The van der Waals surface area contributed by atoms with Gasteiger partial charge in [0.25, 0.3) is 0 Å². The second-order valence-corrected chi connectivity index (χ2v) is 5.45. The van der Waals surface area contributed by atoms with Gasteiger partial charge in [0, 0.05) is 23.9 Å². The number of nitrogen functional groups attached to an aromatic ring is 1. The minimum absolute atomic E-state index is 0.558. The molecule has 0 saturated heterocycles. The van der Waals surface area contributed by atoms with Gasteiger partial charge in [-0.2, -0.15) is 0 Å². The Hall–Kier alpha value is -1.75.